The number of benzene rings is 1. The first-order valence-corrected chi connectivity index (χ1v) is 7.34. The van der Waals surface area contributed by atoms with E-state index in [0.29, 0.717) is 17.7 Å². The SMILES string of the molecule is OCCc1ccccc1Oc1ccnc2cc(Br)cnc12. The van der Waals surface area contributed by atoms with Crippen LogP contribution in [0.2, 0.25) is 0 Å². The Balaban J connectivity index is 2.02. The third-order valence-corrected chi connectivity index (χ3v) is 3.51. The summed E-state index contributed by atoms with van der Waals surface area (Å²) in [5, 5.41) is 9.13. The molecule has 0 amide bonds. The molecule has 1 aromatic carbocycles. The number of aliphatic hydroxyl groups is 1. The van der Waals surface area contributed by atoms with Crippen LogP contribution in [0, 0.1) is 0 Å². The molecule has 106 valence electrons. The Kier molecular flexibility index (Phi) is 4.13. The normalized spacial score (nSPS) is 10.8. The maximum Gasteiger partial charge on any atom is 0.156 e. The van der Waals surface area contributed by atoms with Gasteiger partial charge in [-0.15, -0.1) is 0 Å². The lowest BCUT2D eigenvalue weighted by atomic mass is 10.1. The lowest BCUT2D eigenvalue weighted by molar-refractivity contribution is 0.298. The van der Waals surface area contributed by atoms with Crippen molar-refractivity contribution >= 4 is 27.0 Å². The van der Waals surface area contributed by atoms with E-state index in [0.717, 1.165) is 21.3 Å². The van der Waals surface area contributed by atoms with Crippen molar-refractivity contribution in [1.29, 1.82) is 0 Å². The van der Waals surface area contributed by atoms with Crippen LogP contribution in [-0.2, 0) is 6.42 Å². The van der Waals surface area contributed by atoms with Crippen LogP contribution in [0.15, 0.2) is 53.3 Å². The molecule has 0 saturated heterocycles. The van der Waals surface area contributed by atoms with E-state index in [1.807, 2.05) is 30.3 Å². The fraction of sp³-hybridized carbons (Fsp3) is 0.125. The molecule has 0 aliphatic carbocycles. The Morgan fingerprint density at radius 2 is 1.95 bits per heavy atom. The lowest BCUT2D eigenvalue weighted by Gasteiger charge is -2.11. The highest BCUT2D eigenvalue weighted by Crippen LogP contribution is 2.30. The second kappa shape index (κ2) is 6.20. The molecular formula is C16H13BrN2O2. The second-order valence-electron chi connectivity index (χ2n) is 4.51. The average molecular weight is 345 g/mol. The summed E-state index contributed by atoms with van der Waals surface area (Å²) in [6.07, 6.45) is 3.97. The van der Waals surface area contributed by atoms with E-state index < -0.39 is 0 Å². The smallest absolute Gasteiger partial charge is 0.156 e. The number of hydrogen-bond donors (Lipinski definition) is 1. The van der Waals surface area contributed by atoms with Crippen molar-refractivity contribution in [3.8, 4) is 11.5 Å². The summed E-state index contributed by atoms with van der Waals surface area (Å²) in [5.41, 5.74) is 2.43. The molecule has 2 aromatic heterocycles. The molecule has 1 N–H and O–H groups in total. The van der Waals surface area contributed by atoms with E-state index >= 15 is 0 Å². The number of ether oxygens (including phenoxy) is 1. The molecular weight excluding hydrogens is 332 g/mol. The molecule has 0 unspecified atom stereocenters. The minimum atomic E-state index is 0.0860. The highest BCUT2D eigenvalue weighted by Gasteiger charge is 2.09. The number of rotatable bonds is 4. The van der Waals surface area contributed by atoms with Crippen LogP contribution in [0.4, 0.5) is 0 Å². The minimum absolute atomic E-state index is 0.0860. The van der Waals surface area contributed by atoms with Gasteiger partial charge < -0.3 is 9.84 Å². The quantitative estimate of drug-likeness (QED) is 0.783. The highest BCUT2D eigenvalue weighted by molar-refractivity contribution is 9.10. The van der Waals surface area contributed by atoms with Gasteiger partial charge >= 0.3 is 0 Å². The zero-order chi connectivity index (χ0) is 14.7. The molecule has 0 radical (unpaired) electrons. The summed E-state index contributed by atoms with van der Waals surface area (Å²) < 4.78 is 6.86. The Morgan fingerprint density at radius 1 is 1.10 bits per heavy atom. The number of fused-ring (bicyclic) bond motifs is 1. The second-order valence-corrected chi connectivity index (χ2v) is 5.43. The fourth-order valence-corrected chi connectivity index (χ4v) is 2.43. The van der Waals surface area contributed by atoms with Gasteiger partial charge in [-0.05, 0) is 40.0 Å². The van der Waals surface area contributed by atoms with Crippen molar-refractivity contribution in [3.05, 3.63) is 58.8 Å². The van der Waals surface area contributed by atoms with E-state index in [-0.39, 0.29) is 6.61 Å². The first kappa shape index (κ1) is 14.0. The summed E-state index contributed by atoms with van der Waals surface area (Å²) in [6.45, 7) is 0.0860. The van der Waals surface area contributed by atoms with Crippen LogP contribution >= 0.6 is 15.9 Å². The zero-order valence-corrected chi connectivity index (χ0v) is 12.7. The zero-order valence-electron chi connectivity index (χ0n) is 11.2. The van der Waals surface area contributed by atoms with Crippen molar-refractivity contribution < 1.29 is 9.84 Å². The molecule has 0 atom stereocenters. The van der Waals surface area contributed by atoms with Crippen LogP contribution in [0.3, 0.4) is 0 Å². The van der Waals surface area contributed by atoms with Crippen LogP contribution in [0.25, 0.3) is 11.0 Å². The van der Waals surface area contributed by atoms with Crippen LogP contribution in [0.1, 0.15) is 5.56 Å². The molecule has 5 heteroatoms. The maximum absolute atomic E-state index is 9.13. The van der Waals surface area contributed by atoms with Gasteiger partial charge in [-0.3, -0.25) is 4.98 Å². The highest BCUT2D eigenvalue weighted by atomic mass is 79.9. The first-order valence-electron chi connectivity index (χ1n) is 6.55. The minimum Gasteiger partial charge on any atom is -0.455 e. The maximum atomic E-state index is 9.13. The van der Waals surface area contributed by atoms with Gasteiger partial charge in [-0.25, -0.2) is 4.98 Å². The van der Waals surface area contributed by atoms with Gasteiger partial charge in [-0.1, -0.05) is 18.2 Å². The van der Waals surface area contributed by atoms with Crippen molar-refractivity contribution in [2.45, 2.75) is 6.42 Å². The molecule has 21 heavy (non-hydrogen) atoms. The number of nitrogens with zero attached hydrogens (tertiary/aromatic N) is 2. The number of halogens is 1. The Bertz CT molecular complexity index is 777. The van der Waals surface area contributed by atoms with E-state index in [2.05, 4.69) is 25.9 Å². The van der Waals surface area contributed by atoms with Gasteiger partial charge in [0.15, 0.2) is 5.75 Å². The molecule has 0 saturated carbocycles. The third-order valence-electron chi connectivity index (χ3n) is 3.08. The van der Waals surface area contributed by atoms with E-state index in [4.69, 9.17) is 9.84 Å². The molecule has 4 nitrogen and oxygen atoms in total. The van der Waals surface area contributed by atoms with Gasteiger partial charge in [0.05, 0.1) is 5.52 Å². The lowest BCUT2D eigenvalue weighted by Crippen LogP contribution is -1.96. The van der Waals surface area contributed by atoms with Crippen molar-refractivity contribution in [1.82, 2.24) is 9.97 Å². The largest absolute Gasteiger partial charge is 0.455 e. The van der Waals surface area contributed by atoms with E-state index in [9.17, 15) is 0 Å². The summed E-state index contributed by atoms with van der Waals surface area (Å²) in [6, 6.07) is 11.4. The number of aromatic nitrogens is 2. The predicted octanol–water partition coefficient (Wildman–Crippen LogP) is 3.72. The van der Waals surface area contributed by atoms with Gasteiger partial charge in [0.2, 0.25) is 0 Å². The van der Waals surface area contributed by atoms with Crippen molar-refractivity contribution in [2.24, 2.45) is 0 Å². The predicted molar refractivity (Wildman–Crippen MR) is 84.5 cm³/mol. The number of aliphatic hydroxyl groups excluding tert-OH is 1. The van der Waals surface area contributed by atoms with Gasteiger partial charge in [0, 0.05) is 29.5 Å². The first-order chi connectivity index (χ1) is 10.3. The van der Waals surface area contributed by atoms with Gasteiger partial charge in [0.25, 0.3) is 0 Å². The van der Waals surface area contributed by atoms with Crippen molar-refractivity contribution in [3.63, 3.8) is 0 Å². The molecule has 0 fully saturated rings. The Morgan fingerprint density at radius 3 is 2.81 bits per heavy atom. The summed E-state index contributed by atoms with van der Waals surface area (Å²) in [4.78, 5) is 8.66. The summed E-state index contributed by atoms with van der Waals surface area (Å²) in [7, 11) is 0. The average Bonchev–Trinajstić information content (AvgIpc) is 2.49. The monoisotopic (exact) mass is 344 g/mol. The van der Waals surface area contributed by atoms with Crippen LogP contribution < -0.4 is 4.74 Å². The standard InChI is InChI=1S/C16H13BrN2O2/c17-12-9-13-16(19-10-12)15(5-7-18-13)21-14-4-2-1-3-11(14)6-8-20/h1-5,7,9-10,20H,6,8H2. The Hall–Kier alpha value is -1.98. The molecule has 3 rings (SSSR count). The molecule has 0 bridgehead atoms. The number of hydrogen-bond acceptors (Lipinski definition) is 4. The molecule has 0 spiro atoms. The molecule has 0 aliphatic heterocycles. The van der Waals surface area contributed by atoms with E-state index in [1.165, 1.54) is 0 Å². The Labute approximate surface area is 130 Å². The molecule has 2 heterocycles. The van der Waals surface area contributed by atoms with Gasteiger partial charge in [-0.2, -0.15) is 0 Å². The topological polar surface area (TPSA) is 55.2 Å². The number of pyridine rings is 2. The summed E-state index contributed by atoms with van der Waals surface area (Å²) >= 11 is 3.38. The molecule has 3 aromatic rings. The summed E-state index contributed by atoms with van der Waals surface area (Å²) in [5.74, 6) is 1.38. The fourth-order valence-electron chi connectivity index (χ4n) is 2.11. The van der Waals surface area contributed by atoms with Crippen LogP contribution in [-0.4, -0.2) is 21.7 Å². The third kappa shape index (κ3) is 3.04. The number of para-hydroxylation sites is 1. The van der Waals surface area contributed by atoms with Crippen LogP contribution in [0.5, 0.6) is 11.5 Å². The van der Waals surface area contributed by atoms with E-state index in [1.54, 1.807) is 18.5 Å². The molecule has 0 aliphatic rings. The van der Waals surface area contributed by atoms with Gasteiger partial charge in [0.1, 0.15) is 11.3 Å². The van der Waals surface area contributed by atoms with Crippen molar-refractivity contribution in [2.75, 3.05) is 6.61 Å².